The van der Waals surface area contributed by atoms with E-state index in [1.54, 1.807) is 0 Å². The molecule has 2 rings (SSSR count). The van der Waals surface area contributed by atoms with E-state index in [2.05, 4.69) is 22.1 Å². The maximum atomic E-state index is 13.4. The number of hydrogen-bond donors (Lipinski definition) is 2. The lowest BCUT2D eigenvalue weighted by Crippen LogP contribution is -2.15. The van der Waals surface area contributed by atoms with E-state index >= 15 is 0 Å². The molecule has 2 N–H and O–H groups in total. The minimum atomic E-state index is -0.867. The Balaban J connectivity index is 2.17. The van der Waals surface area contributed by atoms with Gasteiger partial charge in [-0.1, -0.05) is 17.9 Å². The van der Waals surface area contributed by atoms with E-state index in [9.17, 15) is 13.6 Å². The van der Waals surface area contributed by atoms with Crippen molar-refractivity contribution in [3.05, 3.63) is 59.4 Å². The molecule has 0 atom stereocenters. The molecule has 1 aromatic heterocycles. The molecule has 0 aliphatic rings. The summed E-state index contributed by atoms with van der Waals surface area (Å²) in [7, 11) is 0. The highest BCUT2D eigenvalue weighted by Gasteiger charge is 2.14. The number of pyridine rings is 1. The monoisotopic (exact) mass is 288 g/mol. The first-order valence-electron chi connectivity index (χ1n) is 5.93. The number of para-hydroxylation sites is 1. The zero-order chi connectivity index (χ0) is 15.2. The standard InChI is InChI=1S/C15H10F2N2O2/c16-11-4-1-5-12(17)14(11)19-15(21)13-7-6-10(9-18-13)3-2-8-20/h1,4-7,9,20H,8H2,(H,19,21). The van der Waals surface area contributed by atoms with Gasteiger partial charge in [0.05, 0.1) is 0 Å². The summed E-state index contributed by atoms with van der Waals surface area (Å²) in [6.45, 7) is -0.283. The maximum absolute atomic E-state index is 13.4. The van der Waals surface area contributed by atoms with Gasteiger partial charge in [-0.2, -0.15) is 0 Å². The number of carbonyl (C=O) groups is 1. The number of hydrogen-bond acceptors (Lipinski definition) is 3. The number of benzene rings is 1. The van der Waals surface area contributed by atoms with Crippen LogP contribution in [-0.2, 0) is 0 Å². The summed E-state index contributed by atoms with van der Waals surface area (Å²) in [6.07, 6.45) is 1.33. The fraction of sp³-hybridized carbons (Fsp3) is 0.0667. The van der Waals surface area contributed by atoms with Crippen LogP contribution >= 0.6 is 0 Å². The van der Waals surface area contributed by atoms with Crippen LogP contribution in [0.1, 0.15) is 16.1 Å². The van der Waals surface area contributed by atoms with Crippen molar-refractivity contribution in [3.63, 3.8) is 0 Å². The van der Waals surface area contributed by atoms with Gasteiger partial charge in [0.25, 0.3) is 5.91 Å². The number of anilines is 1. The van der Waals surface area contributed by atoms with Gasteiger partial charge >= 0.3 is 0 Å². The molecule has 106 valence electrons. The van der Waals surface area contributed by atoms with Crippen LogP contribution in [-0.4, -0.2) is 22.6 Å². The van der Waals surface area contributed by atoms with Gasteiger partial charge in [0.2, 0.25) is 0 Å². The molecule has 0 radical (unpaired) electrons. The number of carbonyl (C=O) groups excluding carboxylic acids is 1. The molecule has 1 heterocycles. The van der Waals surface area contributed by atoms with Gasteiger partial charge in [-0.25, -0.2) is 13.8 Å². The van der Waals surface area contributed by atoms with Crippen LogP contribution in [0.2, 0.25) is 0 Å². The van der Waals surface area contributed by atoms with Crippen LogP contribution in [0.5, 0.6) is 0 Å². The number of aliphatic hydroxyl groups is 1. The van der Waals surface area contributed by atoms with Gasteiger partial charge in [-0.3, -0.25) is 4.79 Å². The summed E-state index contributed by atoms with van der Waals surface area (Å²) in [5.41, 5.74) is -0.0154. The minimum Gasteiger partial charge on any atom is -0.384 e. The molecule has 0 aliphatic carbocycles. The first-order chi connectivity index (χ1) is 10.1. The van der Waals surface area contributed by atoms with Crippen molar-refractivity contribution < 1.29 is 18.7 Å². The first-order valence-corrected chi connectivity index (χ1v) is 5.93. The van der Waals surface area contributed by atoms with E-state index in [1.165, 1.54) is 24.4 Å². The molecule has 0 spiro atoms. The van der Waals surface area contributed by atoms with Crippen molar-refractivity contribution in [2.24, 2.45) is 0 Å². The molecule has 0 saturated carbocycles. The van der Waals surface area contributed by atoms with Crippen LogP contribution < -0.4 is 5.32 Å². The number of nitrogens with one attached hydrogen (secondary N) is 1. The third kappa shape index (κ3) is 3.61. The Labute approximate surface area is 119 Å². The Hall–Kier alpha value is -2.78. The summed E-state index contributed by atoms with van der Waals surface area (Å²) < 4.78 is 26.8. The van der Waals surface area contributed by atoms with E-state index in [4.69, 9.17) is 5.11 Å². The molecule has 0 saturated heterocycles. The molecule has 0 fully saturated rings. The Morgan fingerprint density at radius 1 is 1.24 bits per heavy atom. The quantitative estimate of drug-likeness (QED) is 0.830. The summed E-state index contributed by atoms with van der Waals surface area (Å²) in [5.74, 6) is 2.58. The van der Waals surface area contributed by atoms with Crippen LogP contribution in [0.25, 0.3) is 0 Å². The van der Waals surface area contributed by atoms with E-state index in [1.807, 2.05) is 0 Å². The van der Waals surface area contributed by atoms with E-state index in [0.717, 1.165) is 12.1 Å². The molecule has 0 bridgehead atoms. The van der Waals surface area contributed by atoms with Crippen molar-refractivity contribution in [2.75, 3.05) is 11.9 Å². The van der Waals surface area contributed by atoms with Crippen LogP contribution in [0.3, 0.4) is 0 Å². The SMILES string of the molecule is O=C(Nc1c(F)cccc1F)c1ccc(C#CCO)cn1. The van der Waals surface area contributed by atoms with Crippen LogP contribution in [0.4, 0.5) is 14.5 Å². The highest BCUT2D eigenvalue weighted by Crippen LogP contribution is 2.18. The van der Waals surface area contributed by atoms with E-state index in [-0.39, 0.29) is 12.3 Å². The Morgan fingerprint density at radius 2 is 1.95 bits per heavy atom. The molecular formula is C15H10F2N2O2. The third-order valence-corrected chi connectivity index (χ3v) is 2.51. The van der Waals surface area contributed by atoms with Gasteiger partial charge in [-0.05, 0) is 24.3 Å². The van der Waals surface area contributed by atoms with Crippen molar-refractivity contribution in [1.82, 2.24) is 4.98 Å². The second kappa shape index (κ2) is 6.59. The number of aliphatic hydroxyl groups excluding tert-OH is 1. The van der Waals surface area contributed by atoms with Crippen LogP contribution in [0, 0.1) is 23.5 Å². The number of nitrogens with zero attached hydrogens (tertiary/aromatic N) is 1. The lowest BCUT2D eigenvalue weighted by Gasteiger charge is -2.06. The van der Waals surface area contributed by atoms with Crippen molar-refractivity contribution in [1.29, 1.82) is 0 Å². The normalized spacial score (nSPS) is 9.67. The summed E-state index contributed by atoms with van der Waals surface area (Å²) in [6, 6.07) is 6.17. The summed E-state index contributed by atoms with van der Waals surface area (Å²) in [4.78, 5) is 15.7. The van der Waals surface area contributed by atoms with Crippen molar-refractivity contribution >= 4 is 11.6 Å². The van der Waals surface area contributed by atoms with E-state index < -0.39 is 23.2 Å². The van der Waals surface area contributed by atoms with Gasteiger partial charge < -0.3 is 10.4 Å². The maximum Gasteiger partial charge on any atom is 0.274 e. The number of rotatable bonds is 2. The molecule has 2 aromatic rings. The van der Waals surface area contributed by atoms with Crippen LogP contribution in [0.15, 0.2) is 36.5 Å². The van der Waals surface area contributed by atoms with Gasteiger partial charge in [0, 0.05) is 11.8 Å². The molecule has 0 unspecified atom stereocenters. The third-order valence-electron chi connectivity index (χ3n) is 2.51. The van der Waals surface area contributed by atoms with E-state index in [0.29, 0.717) is 5.56 Å². The van der Waals surface area contributed by atoms with Gasteiger partial charge in [-0.15, -0.1) is 0 Å². The molecule has 1 aromatic carbocycles. The summed E-state index contributed by atoms with van der Waals surface area (Å²) >= 11 is 0. The lowest BCUT2D eigenvalue weighted by atomic mass is 10.2. The Kier molecular flexibility index (Phi) is 4.59. The topological polar surface area (TPSA) is 62.2 Å². The number of amides is 1. The Bertz CT molecular complexity index is 698. The molecule has 0 aliphatic heterocycles. The fourth-order valence-corrected chi connectivity index (χ4v) is 1.54. The van der Waals surface area contributed by atoms with Gasteiger partial charge in [0.15, 0.2) is 0 Å². The number of aromatic nitrogens is 1. The average Bonchev–Trinajstić information content (AvgIpc) is 2.49. The molecule has 6 heteroatoms. The largest absolute Gasteiger partial charge is 0.384 e. The second-order valence-electron chi connectivity index (χ2n) is 3.94. The molecular weight excluding hydrogens is 278 g/mol. The molecule has 1 amide bonds. The lowest BCUT2D eigenvalue weighted by molar-refractivity contribution is 0.102. The first kappa shape index (κ1) is 14.6. The fourth-order valence-electron chi connectivity index (χ4n) is 1.54. The highest BCUT2D eigenvalue weighted by molar-refractivity contribution is 6.03. The predicted molar refractivity (Wildman–Crippen MR) is 72.5 cm³/mol. The summed E-state index contributed by atoms with van der Waals surface area (Å²) in [5, 5.41) is 10.7. The predicted octanol–water partition coefficient (Wildman–Crippen LogP) is 1.96. The Morgan fingerprint density at radius 3 is 2.52 bits per heavy atom. The average molecular weight is 288 g/mol. The zero-order valence-corrected chi connectivity index (χ0v) is 10.7. The highest BCUT2D eigenvalue weighted by atomic mass is 19.1. The molecule has 21 heavy (non-hydrogen) atoms. The zero-order valence-electron chi connectivity index (χ0n) is 10.7. The van der Waals surface area contributed by atoms with Crippen molar-refractivity contribution in [2.45, 2.75) is 0 Å². The smallest absolute Gasteiger partial charge is 0.274 e. The minimum absolute atomic E-state index is 0.00722. The number of halogens is 2. The van der Waals surface area contributed by atoms with Gasteiger partial charge in [0.1, 0.15) is 29.6 Å². The molecule has 4 nitrogen and oxygen atoms in total. The second-order valence-corrected chi connectivity index (χ2v) is 3.94. The van der Waals surface area contributed by atoms with Crippen molar-refractivity contribution in [3.8, 4) is 11.8 Å².